The van der Waals surface area contributed by atoms with Crippen LogP contribution in [-0.4, -0.2) is 18.6 Å². The smallest absolute Gasteiger partial charge is 0.261 e. The van der Waals surface area contributed by atoms with Gasteiger partial charge in [-0.2, -0.15) is 4.98 Å². The molecule has 4 rings (SSSR count). The predicted molar refractivity (Wildman–Crippen MR) is 108 cm³/mol. The topological polar surface area (TPSA) is 85.1 Å². The minimum Gasteiger partial charge on any atom is -0.334 e. The van der Waals surface area contributed by atoms with Gasteiger partial charge in [0, 0.05) is 17.2 Å². The van der Waals surface area contributed by atoms with E-state index in [4.69, 9.17) is 4.52 Å². The summed E-state index contributed by atoms with van der Waals surface area (Å²) in [5.41, 5.74) is 3.64. The Hall–Kier alpha value is -2.67. The van der Waals surface area contributed by atoms with Crippen LogP contribution in [0.1, 0.15) is 49.6 Å². The standard InChI is InChI=1S/C21H23N3O3S/c1-14(2)20-22-21(27-23-20)16-7-10-18(11-8-16)24-28(25,26)19-12-9-15-5-3-4-6-17(15)13-19/h7-14,24H,3-6H2,1-2H3. The van der Waals surface area contributed by atoms with Crippen LogP contribution in [0, 0.1) is 0 Å². The van der Waals surface area contributed by atoms with E-state index >= 15 is 0 Å². The molecule has 6 nitrogen and oxygen atoms in total. The van der Waals surface area contributed by atoms with Crippen LogP contribution in [0.5, 0.6) is 0 Å². The first-order chi connectivity index (χ1) is 13.4. The summed E-state index contributed by atoms with van der Waals surface area (Å²) in [6.07, 6.45) is 4.25. The Morgan fingerprint density at radius 2 is 1.71 bits per heavy atom. The minimum absolute atomic E-state index is 0.181. The number of sulfonamides is 1. The molecule has 0 atom stereocenters. The molecule has 0 aliphatic heterocycles. The number of fused-ring (bicyclic) bond motifs is 1. The lowest BCUT2D eigenvalue weighted by molar-refractivity contribution is 0.419. The highest BCUT2D eigenvalue weighted by atomic mass is 32.2. The molecule has 1 heterocycles. The maximum atomic E-state index is 12.8. The average molecular weight is 398 g/mol. The van der Waals surface area contributed by atoms with E-state index in [1.807, 2.05) is 19.9 Å². The molecule has 1 aliphatic carbocycles. The molecule has 0 amide bonds. The number of aryl methyl sites for hydroxylation is 2. The highest BCUT2D eigenvalue weighted by Crippen LogP contribution is 2.26. The van der Waals surface area contributed by atoms with E-state index < -0.39 is 10.0 Å². The van der Waals surface area contributed by atoms with Gasteiger partial charge in [-0.15, -0.1) is 0 Å². The largest absolute Gasteiger partial charge is 0.334 e. The van der Waals surface area contributed by atoms with Crippen LogP contribution < -0.4 is 4.72 Å². The first-order valence-electron chi connectivity index (χ1n) is 9.51. The van der Waals surface area contributed by atoms with Gasteiger partial charge in [-0.3, -0.25) is 4.72 Å². The van der Waals surface area contributed by atoms with Gasteiger partial charge in [0.05, 0.1) is 4.90 Å². The molecule has 1 N–H and O–H groups in total. The number of hydrogen-bond donors (Lipinski definition) is 1. The van der Waals surface area contributed by atoms with Crippen molar-refractivity contribution in [3.05, 3.63) is 59.4 Å². The molecule has 0 saturated carbocycles. The zero-order chi connectivity index (χ0) is 19.7. The summed E-state index contributed by atoms with van der Waals surface area (Å²) in [6.45, 7) is 3.99. The summed E-state index contributed by atoms with van der Waals surface area (Å²) in [5.74, 6) is 1.25. The van der Waals surface area contributed by atoms with Crippen molar-refractivity contribution in [1.29, 1.82) is 0 Å². The Labute approximate surface area is 165 Å². The van der Waals surface area contributed by atoms with Gasteiger partial charge < -0.3 is 4.52 Å². The molecule has 0 unspecified atom stereocenters. The van der Waals surface area contributed by atoms with E-state index in [-0.39, 0.29) is 5.92 Å². The van der Waals surface area contributed by atoms with Gasteiger partial charge in [0.25, 0.3) is 15.9 Å². The van der Waals surface area contributed by atoms with Crippen LogP contribution >= 0.6 is 0 Å². The van der Waals surface area contributed by atoms with E-state index in [0.29, 0.717) is 22.3 Å². The summed E-state index contributed by atoms with van der Waals surface area (Å²) in [4.78, 5) is 4.66. The monoisotopic (exact) mass is 397 g/mol. The maximum Gasteiger partial charge on any atom is 0.261 e. The van der Waals surface area contributed by atoms with Gasteiger partial charge in [0.2, 0.25) is 0 Å². The van der Waals surface area contributed by atoms with E-state index in [0.717, 1.165) is 30.4 Å². The van der Waals surface area contributed by atoms with Crippen molar-refractivity contribution >= 4 is 15.7 Å². The third-order valence-corrected chi connectivity index (χ3v) is 6.35. The molecule has 2 aromatic carbocycles. The lowest BCUT2D eigenvalue weighted by Gasteiger charge is -2.17. The molecule has 146 valence electrons. The number of nitrogens with one attached hydrogen (secondary N) is 1. The van der Waals surface area contributed by atoms with E-state index in [1.165, 1.54) is 12.0 Å². The number of benzene rings is 2. The van der Waals surface area contributed by atoms with Crippen LogP contribution in [0.3, 0.4) is 0 Å². The normalized spacial score (nSPS) is 14.1. The Bertz CT molecular complexity index is 1090. The lowest BCUT2D eigenvalue weighted by atomic mass is 9.92. The molecule has 1 aromatic heterocycles. The second-order valence-corrected chi connectivity index (χ2v) is 9.12. The number of nitrogens with zero attached hydrogens (tertiary/aromatic N) is 2. The van der Waals surface area contributed by atoms with E-state index in [9.17, 15) is 8.42 Å². The lowest BCUT2D eigenvalue weighted by Crippen LogP contribution is -2.14. The minimum atomic E-state index is -3.63. The number of aromatic nitrogens is 2. The third-order valence-electron chi connectivity index (χ3n) is 4.97. The molecule has 0 bridgehead atoms. The van der Waals surface area contributed by atoms with Gasteiger partial charge in [0.1, 0.15) is 0 Å². The van der Waals surface area contributed by atoms with Gasteiger partial charge in [-0.1, -0.05) is 25.1 Å². The van der Waals surface area contributed by atoms with Gasteiger partial charge >= 0.3 is 0 Å². The molecule has 3 aromatic rings. The van der Waals surface area contributed by atoms with E-state index in [2.05, 4.69) is 14.9 Å². The van der Waals surface area contributed by atoms with Crippen molar-refractivity contribution in [3.63, 3.8) is 0 Å². The van der Waals surface area contributed by atoms with Crippen molar-refractivity contribution in [2.45, 2.75) is 50.3 Å². The van der Waals surface area contributed by atoms with Crippen molar-refractivity contribution in [3.8, 4) is 11.5 Å². The SMILES string of the molecule is CC(C)c1noc(-c2ccc(NS(=O)(=O)c3ccc4c(c3)CCCC4)cc2)n1. The Kier molecular flexibility index (Phi) is 4.93. The zero-order valence-corrected chi connectivity index (χ0v) is 16.8. The second kappa shape index (κ2) is 7.39. The van der Waals surface area contributed by atoms with Crippen molar-refractivity contribution < 1.29 is 12.9 Å². The molecule has 0 radical (unpaired) electrons. The van der Waals surface area contributed by atoms with E-state index in [1.54, 1.807) is 36.4 Å². The molecule has 0 spiro atoms. The van der Waals surface area contributed by atoms with Crippen LogP contribution in [0.4, 0.5) is 5.69 Å². The van der Waals surface area contributed by atoms with Crippen molar-refractivity contribution in [2.24, 2.45) is 0 Å². The highest BCUT2D eigenvalue weighted by Gasteiger charge is 2.18. The third kappa shape index (κ3) is 3.80. The van der Waals surface area contributed by atoms with Gasteiger partial charge in [-0.25, -0.2) is 8.42 Å². The molecule has 0 saturated heterocycles. The van der Waals surface area contributed by atoms with Crippen LogP contribution in [0.2, 0.25) is 0 Å². The fourth-order valence-corrected chi connectivity index (χ4v) is 4.47. The average Bonchev–Trinajstić information content (AvgIpc) is 3.18. The summed E-state index contributed by atoms with van der Waals surface area (Å²) in [5, 5.41) is 3.95. The molecule has 28 heavy (non-hydrogen) atoms. The predicted octanol–water partition coefficient (Wildman–Crippen LogP) is 4.54. The molecular formula is C21H23N3O3S. The highest BCUT2D eigenvalue weighted by molar-refractivity contribution is 7.92. The fraction of sp³-hybridized carbons (Fsp3) is 0.333. The van der Waals surface area contributed by atoms with Crippen LogP contribution in [-0.2, 0) is 22.9 Å². The fourth-order valence-electron chi connectivity index (χ4n) is 3.36. The van der Waals surface area contributed by atoms with Crippen molar-refractivity contribution in [1.82, 2.24) is 10.1 Å². The Balaban J connectivity index is 1.53. The molecule has 7 heteroatoms. The zero-order valence-electron chi connectivity index (χ0n) is 16.0. The van der Waals surface area contributed by atoms with Gasteiger partial charge in [-0.05, 0) is 73.2 Å². The maximum absolute atomic E-state index is 12.8. The number of hydrogen-bond acceptors (Lipinski definition) is 5. The van der Waals surface area contributed by atoms with Crippen LogP contribution in [0.25, 0.3) is 11.5 Å². The molecular weight excluding hydrogens is 374 g/mol. The number of anilines is 1. The molecule has 0 fully saturated rings. The quantitative estimate of drug-likeness (QED) is 0.683. The van der Waals surface area contributed by atoms with Gasteiger partial charge in [0.15, 0.2) is 5.82 Å². The first kappa shape index (κ1) is 18.7. The second-order valence-electron chi connectivity index (χ2n) is 7.43. The summed E-state index contributed by atoms with van der Waals surface area (Å²) in [7, 11) is -3.63. The Morgan fingerprint density at radius 1 is 1.00 bits per heavy atom. The Morgan fingerprint density at radius 3 is 2.39 bits per heavy atom. The molecule has 1 aliphatic rings. The van der Waals surface area contributed by atoms with Crippen molar-refractivity contribution in [2.75, 3.05) is 4.72 Å². The number of rotatable bonds is 5. The van der Waals surface area contributed by atoms with Crippen LogP contribution in [0.15, 0.2) is 51.9 Å². The summed E-state index contributed by atoms with van der Waals surface area (Å²) in [6, 6.07) is 12.4. The first-order valence-corrected chi connectivity index (χ1v) is 11.0. The summed E-state index contributed by atoms with van der Waals surface area (Å²) >= 11 is 0. The summed E-state index contributed by atoms with van der Waals surface area (Å²) < 4.78 is 33.5.